The molecule has 0 aliphatic carbocycles. The van der Waals surface area contributed by atoms with Crippen molar-refractivity contribution in [2.24, 2.45) is 0 Å². The van der Waals surface area contributed by atoms with Crippen molar-refractivity contribution in [3.63, 3.8) is 0 Å². The van der Waals surface area contributed by atoms with Gasteiger partial charge < -0.3 is 10.0 Å². The third-order valence-corrected chi connectivity index (χ3v) is 4.87. The van der Waals surface area contributed by atoms with E-state index in [0.29, 0.717) is 13.0 Å². The Kier molecular flexibility index (Phi) is 4.37. The molecule has 1 amide bonds. The van der Waals surface area contributed by atoms with Crippen LogP contribution >= 0.6 is 22.7 Å². The van der Waals surface area contributed by atoms with Crippen LogP contribution in [0.2, 0.25) is 0 Å². The Morgan fingerprint density at radius 2 is 2.22 bits per heavy atom. The molecule has 18 heavy (non-hydrogen) atoms. The first-order valence-electron chi connectivity index (χ1n) is 6.02. The summed E-state index contributed by atoms with van der Waals surface area (Å²) < 4.78 is 2.35. The van der Waals surface area contributed by atoms with E-state index in [1.807, 2.05) is 30.2 Å². The fraction of sp³-hybridized carbons (Fsp3) is 0.462. The number of rotatable bonds is 5. The van der Waals surface area contributed by atoms with Gasteiger partial charge in [-0.3, -0.25) is 4.79 Å². The molecule has 2 rings (SSSR count). The highest BCUT2D eigenvalue weighted by atomic mass is 32.1. The summed E-state index contributed by atoms with van der Waals surface area (Å²) in [5, 5.41) is 10.9. The number of aliphatic hydroxyl groups excluding tert-OH is 1. The molecule has 3 nitrogen and oxygen atoms in total. The molecular formula is C13H17NO2S2. The lowest BCUT2D eigenvalue weighted by Gasteiger charge is -2.25. The lowest BCUT2D eigenvalue weighted by atomic mass is 10.2. The van der Waals surface area contributed by atoms with Gasteiger partial charge in [0.05, 0.1) is 4.88 Å². The van der Waals surface area contributed by atoms with E-state index in [1.165, 1.54) is 9.40 Å². The topological polar surface area (TPSA) is 40.5 Å². The van der Waals surface area contributed by atoms with E-state index in [-0.39, 0.29) is 18.6 Å². The summed E-state index contributed by atoms with van der Waals surface area (Å²) in [5.41, 5.74) is 0. The van der Waals surface area contributed by atoms with Crippen LogP contribution < -0.4 is 0 Å². The number of fused-ring (bicyclic) bond motifs is 1. The third-order valence-electron chi connectivity index (χ3n) is 2.79. The highest BCUT2D eigenvalue weighted by Gasteiger charge is 2.20. The van der Waals surface area contributed by atoms with Gasteiger partial charge in [0.25, 0.3) is 5.91 Å². The lowest BCUT2D eigenvalue weighted by molar-refractivity contribution is 0.0698. The van der Waals surface area contributed by atoms with Gasteiger partial charge in [0.2, 0.25) is 0 Å². The van der Waals surface area contributed by atoms with Gasteiger partial charge in [-0.25, -0.2) is 0 Å². The summed E-state index contributed by atoms with van der Waals surface area (Å²) >= 11 is 3.21. The van der Waals surface area contributed by atoms with Crippen LogP contribution in [0.5, 0.6) is 0 Å². The van der Waals surface area contributed by atoms with Gasteiger partial charge in [-0.05, 0) is 37.8 Å². The fourth-order valence-corrected chi connectivity index (χ4v) is 3.91. The maximum atomic E-state index is 12.4. The van der Waals surface area contributed by atoms with Gasteiger partial charge in [-0.2, -0.15) is 0 Å². The average Bonchev–Trinajstić information content (AvgIpc) is 2.88. The zero-order chi connectivity index (χ0) is 13.1. The minimum Gasteiger partial charge on any atom is -0.396 e. The van der Waals surface area contributed by atoms with Gasteiger partial charge in [0.15, 0.2) is 0 Å². The molecule has 0 saturated carbocycles. The van der Waals surface area contributed by atoms with E-state index in [2.05, 4.69) is 6.07 Å². The third kappa shape index (κ3) is 2.74. The Balaban J connectivity index is 2.19. The van der Waals surface area contributed by atoms with Crippen LogP contribution in [0.1, 0.15) is 29.9 Å². The highest BCUT2D eigenvalue weighted by Crippen LogP contribution is 2.30. The summed E-state index contributed by atoms with van der Waals surface area (Å²) in [5.74, 6) is 0.0758. The molecule has 2 aromatic heterocycles. The number of carbonyl (C=O) groups is 1. The van der Waals surface area contributed by atoms with E-state index in [4.69, 9.17) is 5.11 Å². The van der Waals surface area contributed by atoms with Crippen molar-refractivity contribution < 1.29 is 9.90 Å². The maximum absolute atomic E-state index is 12.4. The van der Waals surface area contributed by atoms with Gasteiger partial charge in [0, 0.05) is 28.6 Å². The van der Waals surface area contributed by atoms with Crippen molar-refractivity contribution in [2.45, 2.75) is 26.3 Å². The summed E-state index contributed by atoms with van der Waals surface area (Å²) in [6.45, 7) is 4.74. The normalized spacial score (nSPS) is 11.3. The van der Waals surface area contributed by atoms with Crippen LogP contribution in [0.25, 0.3) is 9.40 Å². The second-order valence-corrected chi connectivity index (χ2v) is 6.46. The van der Waals surface area contributed by atoms with Crippen LogP contribution in [0.3, 0.4) is 0 Å². The van der Waals surface area contributed by atoms with Crippen LogP contribution in [0, 0.1) is 0 Å². The minimum absolute atomic E-state index is 0.0758. The summed E-state index contributed by atoms with van der Waals surface area (Å²) in [6.07, 6.45) is 0.629. The van der Waals surface area contributed by atoms with Crippen molar-refractivity contribution in [3.8, 4) is 0 Å². The van der Waals surface area contributed by atoms with Crippen molar-refractivity contribution in [2.75, 3.05) is 13.2 Å². The molecule has 0 radical (unpaired) electrons. The molecular weight excluding hydrogens is 266 g/mol. The van der Waals surface area contributed by atoms with Gasteiger partial charge in [-0.15, -0.1) is 22.7 Å². The van der Waals surface area contributed by atoms with E-state index in [9.17, 15) is 4.79 Å². The Labute approximate surface area is 115 Å². The molecule has 0 spiro atoms. The standard InChI is InChI=1S/C13H17NO2S2/c1-9(2)14(5-3-6-15)13(16)12-8-11-10(18-12)4-7-17-11/h4,7-9,15H,3,5-6H2,1-2H3. The van der Waals surface area contributed by atoms with E-state index < -0.39 is 0 Å². The molecule has 5 heteroatoms. The lowest BCUT2D eigenvalue weighted by Crippen LogP contribution is -2.37. The monoisotopic (exact) mass is 283 g/mol. The number of aliphatic hydroxyl groups is 1. The number of hydrogen-bond acceptors (Lipinski definition) is 4. The Bertz CT molecular complexity index is 501. The van der Waals surface area contributed by atoms with Crippen LogP contribution in [0.4, 0.5) is 0 Å². The van der Waals surface area contributed by atoms with Crippen LogP contribution in [-0.2, 0) is 0 Å². The summed E-state index contributed by atoms with van der Waals surface area (Å²) in [6, 6.07) is 4.18. The first-order valence-corrected chi connectivity index (χ1v) is 7.72. The molecule has 1 N–H and O–H groups in total. The van der Waals surface area contributed by atoms with Gasteiger partial charge >= 0.3 is 0 Å². The van der Waals surface area contributed by atoms with Gasteiger partial charge in [0.1, 0.15) is 0 Å². The van der Waals surface area contributed by atoms with Crippen LogP contribution in [0.15, 0.2) is 17.5 Å². The summed E-state index contributed by atoms with van der Waals surface area (Å²) in [4.78, 5) is 15.0. The zero-order valence-corrected chi connectivity index (χ0v) is 12.2. The molecule has 2 heterocycles. The SMILES string of the molecule is CC(C)N(CCCO)C(=O)c1cc2sccc2s1. The second kappa shape index (κ2) is 5.82. The maximum Gasteiger partial charge on any atom is 0.264 e. The molecule has 0 aliphatic rings. The van der Waals surface area contributed by atoms with Crippen molar-refractivity contribution >= 4 is 38.0 Å². The number of nitrogens with zero attached hydrogens (tertiary/aromatic N) is 1. The molecule has 0 atom stereocenters. The Morgan fingerprint density at radius 1 is 1.44 bits per heavy atom. The van der Waals surface area contributed by atoms with Crippen molar-refractivity contribution in [3.05, 3.63) is 22.4 Å². The molecule has 98 valence electrons. The Hall–Kier alpha value is -0.910. The highest BCUT2D eigenvalue weighted by molar-refractivity contribution is 7.27. The number of carbonyl (C=O) groups excluding carboxylic acids is 1. The number of amides is 1. The van der Waals surface area contributed by atoms with E-state index in [1.54, 1.807) is 22.7 Å². The molecule has 0 saturated heterocycles. The molecule has 0 unspecified atom stereocenters. The smallest absolute Gasteiger partial charge is 0.264 e. The number of hydrogen-bond donors (Lipinski definition) is 1. The second-order valence-electron chi connectivity index (χ2n) is 4.43. The van der Waals surface area contributed by atoms with E-state index in [0.717, 1.165) is 4.88 Å². The molecule has 2 aromatic rings. The first kappa shape index (κ1) is 13.5. The summed E-state index contributed by atoms with van der Waals surface area (Å²) in [7, 11) is 0. The molecule has 0 fully saturated rings. The van der Waals surface area contributed by atoms with E-state index >= 15 is 0 Å². The Morgan fingerprint density at radius 3 is 2.83 bits per heavy atom. The minimum atomic E-state index is 0.0758. The van der Waals surface area contributed by atoms with Crippen LogP contribution in [-0.4, -0.2) is 35.1 Å². The molecule has 0 bridgehead atoms. The van der Waals surface area contributed by atoms with Crippen molar-refractivity contribution in [1.29, 1.82) is 0 Å². The predicted octanol–water partition coefficient (Wildman–Crippen LogP) is 3.20. The molecule has 0 aliphatic heterocycles. The molecule has 0 aromatic carbocycles. The van der Waals surface area contributed by atoms with Crippen molar-refractivity contribution in [1.82, 2.24) is 4.90 Å². The van der Waals surface area contributed by atoms with Gasteiger partial charge in [-0.1, -0.05) is 0 Å². The first-order chi connectivity index (χ1) is 8.63. The predicted molar refractivity (Wildman–Crippen MR) is 77.6 cm³/mol. The average molecular weight is 283 g/mol. The zero-order valence-electron chi connectivity index (χ0n) is 10.5. The number of thiophene rings is 2. The quantitative estimate of drug-likeness (QED) is 0.915. The fourth-order valence-electron chi connectivity index (χ4n) is 1.85. The largest absolute Gasteiger partial charge is 0.396 e.